The number of benzene rings is 1. The first-order valence-electron chi connectivity index (χ1n) is 11.4. The number of carbonyl (C=O) groups excluding carboxylic acids is 2. The second kappa shape index (κ2) is 9.26. The van der Waals surface area contributed by atoms with Crippen LogP contribution in [-0.2, 0) is 14.3 Å². The van der Waals surface area contributed by atoms with Crippen LogP contribution in [0.25, 0.3) is 0 Å². The molecule has 2 aliphatic carbocycles. The summed E-state index contributed by atoms with van der Waals surface area (Å²) in [4.78, 5) is 25.0. The maximum Gasteiger partial charge on any atom is 0.338 e. The number of hydrogen-bond acceptors (Lipinski definition) is 6. The molecule has 32 heavy (non-hydrogen) atoms. The van der Waals surface area contributed by atoms with Gasteiger partial charge in [-0.05, 0) is 56.4 Å². The van der Waals surface area contributed by atoms with Gasteiger partial charge in [0.15, 0.2) is 0 Å². The number of aliphatic hydroxyl groups is 1. The number of fused-ring (bicyclic) bond motifs is 1. The van der Waals surface area contributed by atoms with E-state index in [1.807, 2.05) is 13.8 Å². The lowest BCUT2D eigenvalue weighted by atomic mass is 9.65. The summed E-state index contributed by atoms with van der Waals surface area (Å²) in [5.74, 6) is -0.596. The minimum absolute atomic E-state index is 0.0981. The van der Waals surface area contributed by atoms with Gasteiger partial charge in [-0.2, -0.15) is 0 Å². The van der Waals surface area contributed by atoms with Crippen LogP contribution in [0.15, 0.2) is 35.9 Å². The van der Waals surface area contributed by atoms with Crippen molar-refractivity contribution in [1.82, 2.24) is 0 Å². The van der Waals surface area contributed by atoms with E-state index in [-0.39, 0.29) is 17.8 Å². The van der Waals surface area contributed by atoms with Crippen LogP contribution in [0.1, 0.15) is 70.7 Å². The molecule has 1 fully saturated rings. The molecule has 0 unspecified atom stereocenters. The van der Waals surface area contributed by atoms with Crippen molar-refractivity contribution in [2.75, 3.05) is 7.11 Å². The van der Waals surface area contributed by atoms with Gasteiger partial charge in [-0.15, -0.1) is 0 Å². The van der Waals surface area contributed by atoms with Crippen LogP contribution in [-0.4, -0.2) is 42.0 Å². The van der Waals surface area contributed by atoms with Crippen LogP contribution >= 0.6 is 0 Å². The van der Waals surface area contributed by atoms with Crippen LogP contribution in [0.5, 0.6) is 5.75 Å². The lowest BCUT2D eigenvalue weighted by molar-refractivity contribution is -0.154. The summed E-state index contributed by atoms with van der Waals surface area (Å²) >= 11 is 0. The lowest BCUT2D eigenvalue weighted by Crippen LogP contribution is -2.51. The van der Waals surface area contributed by atoms with Crippen LogP contribution in [0.2, 0.25) is 0 Å². The molecule has 0 bridgehead atoms. The molecule has 0 spiro atoms. The zero-order chi connectivity index (χ0) is 23.7. The van der Waals surface area contributed by atoms with E-state index in [0.29, 0.717) is 30.6 Å². The molecule has 1 N–H and O–H groups in total. The summed E-state index contributed by atoms with van der Waals surface area (Å²) in [6.07, 6.45) is 3.57. The van der Waals surface area contributed by atoms with E-state index >= 15 is 0 Å². The van der Waals surface area contributed by atoms with Crippen LogP contribution in [0, 0.1) is 17.3 Å². The van der Waals surface area contributed by atoms with Crippen molar-refractivity contribution in [3.8, 4) is 5.75 Å². The highest BCUT2D eigenvalue weighted by Gasteiger charge is 2.64. The fraction of sp³-hybridized carbons (Fsp3) is 0.615. The summed E-state index contributed by atoms with van der Waals surface area (Å²) in [5.41, 5.74) is -0.0445. The molecule has 176 valence electrons. The molecule has 6 nitrogen and oxygen atoms in total. The predicted molar refractivity (Wildman–Crippen MR) is 121 cm³/mol. The van der Waals surface area contributed by atoms with Crippen molar-refractivity contribution in [3.05, 3.63) is 41.5 Å². The highest BCUT2D eigenvalue weighted by molar-refractivity contribution is 5.89. The maximum atomic E-state index is 13.1. The van der Waals surface area contributed by atoms with Crippen LogP contribution < -0.4 is 4.74 Å². The first-order valence-corrected chi connectivity index (χ1v) is 11.4. The molecule has 0 radical (unpaired) electrons. The zero-order valence-electron chi connectivity index (χ0n) is 20.0. The quantitative estimate of drug-likeness (QED) is 0.524. The van der Waals surface area contributed by atoms with Crippen molar-refractivity contribution in [3.63, 3.8) is 0 Å². The average Bonchev–Trinajstić information content (AvgIpc) is 2.95. The van der Waals surface area contributed by atoms with Crippen molar-refractivity contribution >= 4 is 11.9 Å². The van der Waals surface area contributed by atoms with Crippen molar-refractivity contribution < 1.29 is 28.9 Å². The lowest BCUT2D eigenvalue weighted by Gasteiger charge is -2.45. The van der Waals surface area contributed by atoms with E-state index in [0.717, 1.165) is 6.42 Å². The normalized spacial score (nSPS) is 32.4. The summed E-state index contributed by atoms with van der Waals surface area (Å²) in [6.45, 7) is 9.46. The van der Waals surface area contributed by atoms with E-state index in [1.165, 1.54) is 12.5 Å². The molecule has 2 aliphatic rings. The molecule has 6 heteroatoms. The highest BCUT2D eigenvalue weighted by atomic mass is 16.6. The SMILES string of the molecule is COc1ccc(C(=O)O[C@H]2CCC(C)=CC[C@@]3(C)[C@@H](OC(C)=O)C[C@@](O)(C(C)C)[C@H]23)cc1. The maximum absolute atomic E-state index is 13.1. The Bertz CT molecular complexity index is 873. The van der Waals surface area contributed by atoms with Gasteiger partial charge in [0.25, 0.3) is 0 Å². The van der Waals surface area contributed by atoms with E-state index in [2.05, 4.69) is 19.9 Å². The number of hydrogen-bond donors (Lipinski definition) is 1. The van der Waals surface area contributed by atoms with Gasteiger partial charge < -0.3 is 19.3 Å². The summed E-state index contributed by atoms with van der Waals surface area (Å²) in [5, 5.41) is 11.9. The third-order valence-electron chi connectivity index (χ3n) is 7.47. The molecule has 5 atom stereocenters. The number of allylic oxidation sites excluding steroid dienone is 2. The van der Waals surface area contributed by atoms with Crippen LogP contribution in [0.4, 0.5) is 0 Å². The van der Waals surface area contributed by atoms with Gasteiger partial charge in [0.1, 0.15) is 18.0 Å². The van der Waals surface area contributed by atoms with Crippen molar-refractivity contribution in [2.45, 2.75) is 78.1 Å². The van der Waals surface area contributed by atoms with Gasteiger partial charge in [0.05, 0.1) is 18.3 Å². The number of methoxy groups -OCH3 is 1. The number of ether oxygens (including phenoxy) is 3. The molecule has 3 rings (SSSR count). The first-order chi connectivity index (χ1) is 15.0. The Labute approximate surface area is 190 Å². The zero-order valence-corrected chi connectivity index (χ0v) is 20.0. The summed E-state index contributed by atoms with van der Waals surface area (Å²) in [6, 6.07) is 6.81. The largest absolute Gasteiger partial charge is 0.497 e. The fourth-order valence-electron chi connectivity index (χ4n) is 5.50. The van der Waals surface area contributed by atoms with Crippen molar-refractivity contribution in [1.29, 1.82) is 0 Å². The Morgan fingerprint density at radius 1 is 1.16 bits per heavy atom. The predicted octanol–water partition coefficient (Wildman–Crippen LogP) is 4.70. The topological polar surface area (TPSA) is 82.1 Å². The Kier molecular flexibility index (Phi) is 7.03. The molecule has 0 aromatic heterocycles. The highest BCUT2D eigenvalue weighted by Crippen LogP contribution is 2.58. The van der Waals surface area contributed by atoms with E-state index in [1.54, 1.807) is 31.4 Å². The average molecular weight is 445 g/mol. The first kappa shape index (κ1) is 24.3. The third-order valence-corrected chi connectivity index (χ3v) is 7.47. The van der Waals surface area contributed by atoms with E-state index in [4.69, 9.17) is 14.2 Å². The Balaban J connectivity index is 2.00. The molecule has 1 aromatic carbocycles. The van der Waals surface area contributed by atoms with E-state index in [9.17, 15) is 14.7 Å². The van der Waals surface area contributed by atoms with Crippen LogP contribution in [0.3, 0.4) is 0 Å². The van der Waals surface area contributed by atoms with Gasteiger partial charge in [-0.1, -0.05) is 32.4 Å². The molecule has 0 amide bonds. The van der Waals surface area contributed by atoms with Gasteiger partial charge in [0.2, 0.25) is 0 Å². The Morgan fingerprint density at radius 3 is 2.38 bits per heavy atom. The standard InChI is InChI=1S/C26H36O6/c1-16(2)26(29)15-22(31-18(4)27)25(5)14-13-17(3)7-12-21(23(25)26)32-24(28)19-8-10-20(30-6)11-9-19/h8-11,13,16,21-23,29H,7,12,14-15H2,1-6H3/t21-,22-,23+,25-,26+/m0/s1. The van der Waals surface area contributed by atoms with E-state index < -0.39 is 29.2 Å². The summed E-state index contributed by atoms with van der Waals surface area (Å²) < 4.78 is 17.0. The molecule has 1 saturated carbocycles. The number of rotatable bonds is 5. The minimum atomic E-state index is -1.13. The molecule has 0 aliphatic heterocycles. The van der Waals surface area contributed by atoms with Gasteiger partial charge in [-0.25, -0.2) is 4.79 Å². The monoisotopic (exact) mass is 444 g/mol. The fourth-order valence-corrected chi connectivity index (χ4v) is 5.50. The third kappa shape index (κ3) is 4.56. The summed E-state index contributed by atoms with van der Waals surface area (Å²) in [7, 11) is 1.57. The Hall–Kier alpha value is -2.34. The second-order valence-electron chi connectivity index (χ2n) is 9.90. The molecule has 1 aromatic rings. The molecular weight excluding hydrogens is 408 g/mol. The molecular formula is C26H36O6. The Morgan fingerprint density at radius 2 is 1.81 bits per heavy atom. The van der Waals surface area contributed by atoms with Gasteiger partial charge >= 0.3 is 11.9 Å². The number of carbonyl (C=O) groups is 2. The van der Waals surface area contributed by atoms with Crippen molar-refractivity contribution in [2.24, 2.45) is 17.3 Å². The number of esters is 2. The van der Waals surface area contributed by atoms with Gasteiger partial charge in [0, 0.05) is 24.7 Å². The minimum Gasteiger partial charge on any atom is -0.497 e. The van der Waals surface area contributed by atoms with Gasteiger partial charge in [-0.3, -0.25) is 4.79 Å². The molecule has 0 saturated heterocycles. The molecule has 0 heterocycles. The smallest absolute Gasteiger partial charge is 0.338 e. The second-order valence-corrected chi connectivity index (χ2v) is 9.90.